The number of furan rings is 1. The van der Waals surface area contributed by atoms with E-state index >= 15 is 0 Å². The van der Waals surface area contributed by atoms with E-state index in [4.69, 9.17) is 4.42 Å². The van der Waals surface area contributed by atoms with E-state index in [0.29, 0.717) is 0 Å². The van der Waals surface area contributed by atoms with E-state index in [0.717, 1.165) is 65.2 Å². The third kappa shape index (κ3) is 6.31. The largest absolute Gasteiger partial charge is 0.456 e. The van der Waals surface area contributed by atoms with Crippen LogP contribution in [-0.4, -0.2) is 0 Å². The Morgan fingerprint density at radius 1 is 0.460 bits per heavy atom. The molecule has 0 unspecified atom stereocenters. The van der Waals surface area contributed by atoms with Gasteiger partial charge in [0.25, 0.3) is 0 Å². The predicted octanol–water partition coefficient (Wildman–Crippen LogP) is 17.1. The molecule has 0 saturated heterocycles. The molecule has 0 spiro atoms. The number of rotatable bonds is 7. The van der Waals surface area contributed by atoms with Gasteiger partial charge in [-0.05, 0) is 147 Å². The van der Waals surface area contributed by atoms with Gasteiger partial charge in [0.1, 0.15) is 11.3 Å². The number of benzene rings is 8. The molecule has 0 saturated carbocycles. The summed E-state index contributed by atoms with van der Waals surface area (Å²) in [5, 5.41) is 3.73. The van der Waals surface area contributed by atoms with Gasteiger partial charge in [0, 0.05) is 39.0 Å². The summed E-state index contributed by atoms with van der Waals surface area (Å²) in [6.45, 7) is 4.83. The van der Waals surface area contributed by atoms with Gasteiger partial charge in [-0.1, -0.05) is 165 Å². The van der Waals surface area contributed by atoms with E-state index in [1.807, 2.05) is 0 Å². The average molecular weight is 810 g/mol. The molecule has 0 bridgehead atoms. The summed E-state index contributed by atoms with van der Waals surface area (Å²) in [7, 11) is 0. The first kappa shape index (κ1) is 37.4. The van der Waals surface area contributed by atoms with Crippen LogP contribution < -0.4 is 4.90 Å². The molecule has 63 heavy (non-hydrogen) atoms. The number of hydrogen-bond donors (Lipinski definition) is 0. The van der Waals surface area contributed by atoms with Crippen molar-refractivity contribution in [1.29, 1.82) is 0 Å². The van der Waals surface area contributed by atoms with E-state index in [1.165, 1.54) is 71.8 Å². The van der Waals surface area contributed by atoms with Crippen LogP contribution in [0.4, 0.5) is 17.1 Å². The van der Waals surface area contributed by atoms with Crippen molar-refractivity contribution < 1.29 is 4.42 Å². The van der Waals surface area contributed by atoms with E-state index in [9.17, 15) is 0 Å². The van der Waals surface area contributed by atoms with Gasteiger partial charge in [-0.2, -0.15) is 0 Å². The number of allylic oxidation sites excluding steroid dienone is 5. The Kier molecular flexibility index (Phi) is 8.83. The molecule has 302 valence electrons. The molecule has 2 heteroatoms. The minimum absolute atomic E-state index is 0.00872. The van der Waals surface area contributed by atoms with Gasteiger partial charge in [-0.3, -0.25) is 0 Å². The second kappa shape index (κ2) is 14.9. The quantitative estimate of drug-likeness (QED) is 0.159. The monoisotopic (exact) mass is 809 g/mol. The van der Waals surface area contributed by atoms with Crippen LogP contribution in [-0.2, 0) is 11.8 Å². The van der Waals surface area contributed by atoms with Crippen molar-refractivity contribution in [2.24, 2.45) is 0 Å². The highest BCUT2D eigenvalue weighted by molar-refractivity contribution is 5.97. The molecule has 0 N–H and O–H groups in total. The number of anilines is 3. The highest BCUT2D eigenvalue weighted by atomic mass is 16.3. The molecule has 3 aliphatic rings. The Morgan fingerprint density at radius 3 is 1.79 bits per heavy atom. The Balaban J connectivity index is 0.916. The summed E-state index contributed by atoms with van der Waals surface area (Å²) in [6, 6.07) is 64.9. The van der Waals surface area contributed by atoms with E-state index in [1.54, 1.807) is 5.57 Å². The van der Waals surface area contributed by atoms with E-state index < -0.39 is 0 Å². The van der Waals surface area contributed by atoms with Gasteiger partial charge in [0.15, 0.2) is 0 Å². The Bertz CT molecular complexity index is 3340. The first-order valence-electron chi connectivity index (χ1n) is 22.4. The lowest BCUT2D eigenvalue weighted by molar-refractivity contribution is 0.596. The molecule has 0 atom stereocenters. The average Bonchev–Trinajstić information content (AvgIpc) is 3.84. The third-order valence-corrected chi connectivity index (χ3v) is 13.9. The Labute approximate surface area is 369 Å². The van der Waals surface area contributed by atoms with Crippen LogP contribution in [0.1, 0.15) is 55.6 Å². The maximum Gasteiger partial charge on any atom is 0.142 e. The van der Waals surface area contributed by atoms with Crippen LogP contribution in [0.3, 0.4) is 0 Å². The molecule has 1 heterocycles. The number of aryl methyl sites for hydroxylation is 1. The van der Waals surface area contributed by atoms with Gasteiger partial charge < -0.3 is 9.32 Å². The van der Waals surface area contributed by atoms with Crippen LogP contribution in [0, 0.1) is 0 Å². The van der Waals surface area contributed by atoms with Crippen molar-refractivity contribution in [2.45, 2.75) is 44.9 Å². The fourth-order valence-electron chi connectivity index (χ4n) is 10.7. The summed E-state index contributed by atoms with van der Waals surface area (Å²) in [4.78, 5) is 2.38. The third-order valence-electron chi connectivity index (χ3n) is 13.9. The van der Waals surface area contributed by atoms with Crippen LogP contribution in [0.25, 0.3) is 77.9 Å². The molecule has 9 aromatic rings. The number of hydrogen-bond acceptors (Lipinski definition) is 2. The van der Waals surface area contributed by atoms with Gasteiger partial charge in [-0.15, -0.1) is 0 Å². The summed E-state index contributed by atoms with van der Waals surface area (Å²) in [5.41, 5.74) is 21.1. The van der Waals surface area contributed by atoms with Crippen molar-refractivity contribution in [2.75, 3.05) is 4.90 Å². The molecule has 8 aromatic carbocycles. The summed E-state index contributed by atoms with van der Waals surface area (Å²) >= 11 is 0. The first-order valence-corrected chi connectivity index (χ1v) is 22.4. The number of fused-ring (bicyclic) bond motifs is 6. The molecular formula is C61H47NO. The van der Waals surface area contributed by atoms with Gasteiger partial charge in [0.2, 0.25) is 0 Å². The van der Waals surface area contributed by atoms with Crippen molar-refractivity contribution in [1.82, 2.24) is 0 Å². The standard InChI is InChI=1S/C61H47NO/c1-61(2)57-22-7-5-16-53(57)55-20-10-18-51(59(55)61)42-28-34-49(35-29-42)62(50-36-30-43(31-37-50)52-19-11-21-56-54-17-6-8-23-58(54)63-60(52)56)48-32-26-41(27-33-48)45-14-9-15-46(38-45)47-25-24-40-12-3-4-13-44(40)39-47/h3-5,8-16,18-21,23-39H,6-7,17,22H2,1-2H3. The van der Waals surface area contributed by atoms with Gasteiger partial charge >= 0.3 is 0 Å². The topological polar surface area (TPSA) is 16.4 Å². The Morgan fingerprint density at radius 2 is 1.03 bits per heavy atom. The number of nitrogens with zero attached hydrogens (tertiary/aromatic N) is 1. The maximum absolute atomic E-state index is 6.50. The minimum Gasteiger partial charge on any atom is -0.456 e. The molecule has 2 nitrogen and oxygen atoms in total. The summed E-state index contributed by atoms with van der Waals surface area (Å²) < 4.78 is 6.50. The van der Waals surface area contributed by atoms with Crippen molar-refractivity contribution in [3.63, 3.8) is 0 Å². The number of para-hydroxylation sites is 1. The molecule has 3 aliphatic carbocycles. The van der Waals surface area contributed by atoms with Crippen LogP contribution in [0.15, 0.2) is 204 Å². The second-order valence-electron chi connectivity index (χ2n) is 17.9. The molecule has 0 amide bonds. The second-order valence-corrected chi connectivity index (χ2v) is 17.9. The van der Waals surface area contributed by atoms with Crippen LogP contribution in [0.2, 0.25) is 0 Å². The van der Waals surface area contributed by atoms with Crippen molar-refractivity contribution >= 4 is 50.5 Å². The highest BCUT2D eigenvalue weighted by Gasteiger charge is 2.39. The zero-order chi connectivity index (χ0) is 42.1. The predicted molar refractivity (Wildman–Crippen MR) is 266 cm³/mol. The molecule has 0 aliphatic heterocycles. The summed E-state index contributed by atoms with van der Waals surface area (Å²) in [6.07, 6.45) is 13.4. The fourth-order valence-corrected chi connectivity index (χ4v) is 10.7. The zero-order valence-corrected chi connectivity index (χ0v) is 35.7. The van der Waals surface area contributed by atoms with Crippen molar-refractivity contribution in [3.8, 4) is 44.5 Å². The smallest absolute Gasteiger partial charge is 0.142 e. The normalized spacial score (nSPS) is 14.8. The Hall–Kier alpha value is -7.42. The summed E-state index contributed by atoms with van der Waals surface area (Å²) in [5.74, 6) is 0.996. The first-order chi connectivity index (χ1) is 31.0. The van der Waals surface area contributed by atoms with Gasteiger partial charge in [-0.25, -0.2) is 0 Å². The molecule has 0 radical (unpaired) electrons. The van der Waals surface area contributed by atoms with E-state index in [-0.39, 0.29) is 5.41 Å². The lowest BCUT2D eigenvalue weighted by atomic mass is 9.76. The minimum atomic E-state index is -0.00872. The van der Waals surface area contributed by atoms with Crippen LogP contribution in [0.5, 0.6) is 0 Å². The maximum atomic E-state index is 6.50. The molecule has 1 aromatic heterocycles. The van der Waals surface area contributed by atoms with Crippen LogP contribution >= 0.6 is 0 Å². The lowest BCUT2D eigenvalue weighted by Crippen LogP contribution is -2.19. The van der Waals surface area contributed by atoms with E-state index in [2.05, 4.69) is 219 Å². The molecular weight excluding hydrogens is 763 g/mol. The lowest BCUT2D eigenvalue weighted by Gasteiger charge is -2.28. The fraction of sp³-hybridized carbons (Fsp3) is 0.115. The molecule has 0 fully saturated rings. The SMILES string of the molecule is CC1(C)C2=C(C=CCC2)c2cccc(-c3ccc(N(c4ccc(-c5cccc(-c6ccc7ccccc7c6)c5)cc4)c4ccc(-c5cccc6c7c(oc56)C=CCC7)cc4)cc3)c21. The van der Waals surface area contributed by atoms with Crippen molar-refractivity contribution in [3.05, 3.63) is 222 Å². The molecule has 12 rings (SSSR count). The zero-order valence-electron chi connectivity index (χ0n) is 35.7. The highest BCUT2D eigenvalue weighted by Crippen LogP contribution is 2.53. The van der Waals surface area contributed by atoms with Gasteiger partial charge in [0.05, 0.1) is 0 Å².